The van der Waals surface area contributed by atoms with Crippen molar-refractivity contribution < 1.29 is 4.74 Å². The summed E-state index contributed by atoms with van der Waals surface area (Å²) in [6.07, 6.45) is 6.51. The Kier molecular flexibility index (Phi) is 5.15. The van der Waals surface area contributed by atoms with E-state index in [-0.39, 0.29) is 0 Å². The van der Waals surface area contributed by atoms with E-state index in [0.717, 1.165) is 18.1 Å². The summed E-state index contributed by atoms with van der Waals surface area (Å²) in [5.41, 5.74) is 1.36. The largest absolute Gasteiger partial charge is 0.496 e. The molecule has 3 nitrogen and oxygen atoms in total. The Morgan fingerprint density at radius 2 is 2.00 bits per heavy atom. The molecule has 3 rings (SSSR count). The second-order valence-corrected chi connectivity index (χ2v) is 6.50. The van der Waals surface area contributed by atoms with Crippen LogP contribution in [0.3, 0.4) is 0 Å². The van der Waals surface area contributed by atoms with Crippen molar-refractivity contribution >= 4 is 0 Å². The third-order valence-corrected chi connectivity index (χ3v) is 5.10. The number of benzene rings is 1. The summed E-state index contributed by atoms with van der Waals surface area (Å²) in [5, 5.41) is 3.47. The molecule has 116 valence electrons. The molecule has 0 radical (unpaired) electrons. The Hall–Kier alpha value is -1.06. The maximum absolute atomic E-state index is 5.51. The van der Waals surface area contributed by atoms with E-state index in [2.05, 4.69) is 34.5 Å². The first-order valence-electron chi connectivity index (χ1n) is 8.43. The summed E-state index contributed by atoms with van der Waals surface area (Å²) in [4.78, 5) is 2.74. The Morgan fingerprint density at radius 1 is 1.19 bits per heavy atom. The van der Waals surface area contributed by atoms with Crippen molar-refractivity contribution in [2.24, 2.45) is 5.92 Å². The first kappa shape index (κ1) is 14.9. The van der Waals surface area contributed by atoms with Crippen LogP contribution in [-0.2, 0) is 6.42 Å². The molecule has 2 saturated heterocycles. The van der Waals surface area contributed by atoms with Crippen LogP contribution in [0.2, 0.25) is 0 Å². The van der Waals surface area contributed by atoms with Gasteiger partial charge in [-0.1, -0.05) is 18.2 Å². The number of nitrogens with zero attached hydrogens (tertiary/aromatic N) is 1. The molecule has 2 aliphatic rings. The van der Waals surface area contributed by atoms with E-state index in [1.54, 1.807) is 7.11 Å². The predicted molar refractivity (Wildman–Crippen MR) is 86.9 cm³/mol. The summed E-state index contributed by atoms with van der Waals surface area (Å²) < 4.78 is 5.51. The van der Waals surface area contributed by atoms with Gasteiger partial charge in [0.15, 0.2) is 0 Å². The van der Waals surface area contributed by atoms with E-state index in [9.17, 15) is 0 Å². The molecule has 0 aliphatic carbocycles. The van der Waals surface area contributed by atoms with Gasteiger partial charge in [0.25, 0.3) is 0 Å². The number of piperidine rings is 1. The molecule has 2 aliphatic heterocycles. The molecular weight excluding hydrogens is 260 g/mol. The van der Waals surface area contributed by atoms with Gasteiger partial charge in [0.1, 0.15) is 5.75 Å². The maximum atomic E-state index is 5.51. The molecule has 1 N–H and O–H groups in total. The highest BCUT2D eigenvalue weighted by Crippen LogP contribution is 2.27. The van der Waals surface area contributed by atoms with Crippen LogP contribution in [0.1, 0.15) is 31.2 Å². The lowest BCUT2D eigenvalue weighted by Gasteiger charge is -2.31. The molecule has 3 heteroatoms. The highest BCUT2D eigenvalue weighted by molar-refractivity contribution is 5.34. The van der Waals surface area contributed by atoms with Crippen molar-refractivity contribution in [3.63, 3.8) is 0 Å². The molecule has 21 heavy (non-hydrogen) atoms. The van der Waals surface area contributed by atoms with Crippen molar-refractivity contribution in [2.45, 2.75) is 38.1 Å². The average Bonchev–Trinajstić information content (AvgIpc) is 2.96. The Morgan fingerprint density at radius 3 is 2.81 bits per heavy atom. The van der Waals surface area contributed by atoms with E-state index in [1.165, 1.54) is 57.4 Å². The Labute approximate surface area is 128 Å². The lowest BCUT2D eigenvalue weighted by Crippen LogP contribution is -2.39. The molecule has 1 aromatic rings. The molecule has 0 amide bonds. The summed E-state index contributed by atoms with van der Waals surface area (Å²) in [6, 6.07) is 9.20. The molecule has 0 aromatic heterocycles. The van der Waals surface area contributed by atoms with E-state index >= 15 is 0 Å². The summed E-state index contributed by atoms with van der Waals surface area (Å²) in [6.45, 7) is 4.98. The smallest absolute Gasteiger partial charge is 0.122 e. The standard InChI is InChI=1S/C18H28N2O/c1-21-18-7-3-2-5-16(18)13-17-6-4-12-20(17)14-15-8-10-19-11-9-15/h2-3,5,7,15,17,19H,4,6,8-14H2,1H3. The van der Waals surface area contributed by atoms with Crippen molar-refractivity contribution in [3.8, 4) is 5.75 Å². The second-order valence-electron chi connectivity index (χ2n) is 6.50. The zero-order valence-electron chi connectivity index (χ0n) is 13.2. The third kappa shape index (κ3) is 3.78. The molecule has 2 fully saturated rings. The lowest BCUT2D eigenvalue weighted by atomic mass is 9.96. The average molecular weight is 288 g/mol. The number of nitrogens with one attached hydrogen (secondary N) is 1. The highest BCUT2D eigenvalue weighted by atomic mass is 16.5. The van der Waals surface area contributed by atoms with Crippen molar-refractivity contribution in [2.75, 3.05) is 33.3 Å². The van der Waals surface area contributed by atoms with E-state index in [0.29, 0.717) is 6.04 Å². The SMILES string of the molecule is COc1ccccc1CC1CCCN1CC1CCNCC1. The summed E-state index contributed by atoms with van der Waals surface area (Å²) in [5.74, 6) is 1.94. The number of rotatable bonds is 5. The van der Waals surface area contributed by atoms with E-state index < -0.39 is 0 Å². The van der Waals surface area contributed by atoms with Crippen LogP contribution in [0.25, 0.3) is 0 Å². The Balaban J connectivity index is 1.61. The molecule has 2 heterocycles. The number of para-hydroxylation sites is 1. The fourth-order valence-corrected chi connectivity index (χ4v) is 3.89. The van der Waals surface area contributed by atoms with Crippen LogP contribution < -0.4 is 10.1 Å². The fraction of sp³-hybridized carbons (Fsp3) is 0.667. The number of ether oxygens (including phenoxy) is 1. The molecule has 0 spiro atoms. The zero-order chi connectivity index (χ0) is 14.5. The third-order valence-electron chi connectivity index (χ3n) is 5.10. The van der Waals surface area contributed by atoms with Crippen LogP contribution in [-0.4, -0.2) is 44.2 Å². The normalized spacial score (nSPS) is 24.3. The minimum atomic E-state index is 0.705. The number of hydrogen-bond donors (Lipinski definition) is 1. The number of likely N-dealkylation sites (tertiary alicyclic amines) is 1. The molecule has 1 atom stereocenters. The quantitative estimate of drug-likeness (QED) is 0.901. The van der Waals surface area contributed by atoms with E-state index in [1.807, 2.05) is 0 Å². The van der Waals surface area contributed by atoms with Gasteiger partial charge >= 0.3 is 0 Å². The van der Waals surface area contributed by atoms with Crippen LogP contribution >= 0.6 is 0 Å². The van der Waals surface area contributed by atoms with Gasteiger partial charge in [0.2, 0.25) is 0 Å². The summed E-state index contributed by atoms with van der Waals surface area (Å²) >= 11 is 0. The van der Waals surface area contributed by atoms with Gasteiger partial charge in [-0.2, -0.15) is 0 Å². The molecule has 0 bridgehead atoms. The zero-order valence-corrected chi connectivity index (χ0v) is 13.2. The van der Waals surface area contributed by atoms with Gasteiger partial charge in [-0.15, -0.1) is 0 Å². The van der Waals surface area contributed by atoms with Crippen molar-refractivity contribution in [1.82, 2.24) is 10.2 Å². The van der Waals surface area contributed by atoms with Gasteiger partial charge < -0.3 is 10.1 Å². The van der Waals surface area contributed by atoms with Crippen LogP contribution in [0.15, 0.2) is 24.3 Å². The van der Waals surface area contributed by atoms with Gasteiger partial charge in [-0.25, -0.2) is 0 Å². The van der Waals surface area contributed by atoms with Crippen molar-refractivity contribution in [1.29, 1.82) is 0 Å². The maximum Gasteiger partial charge on any atom is 0.122 e. The van der Waals surface area contributed by atoms with E-state index in [4.69, 9.17) is 4.74 Å². The van der Waals surface area contributed by atoms with Crippen molar-refractivity contribution in [3.05, 3.63) is 29.8 Å². The van der Waals surface area contributed by atoms with Gasteiger partial charge in [-0.05, 0) is 69.3 Å². The first-order chi connectivity index (χ1) is 10.4. The molecule has 1 unspecified atom stereocenters. The topological polar surface area (TPSA) is 24.5 Å². The number of methoxy groups -OCH3 is 1. The van der Waals surface area contributed by atoms with Crippen LogP contribution in [0, 0.1) is 5.92 Å². The van der Waals surface area contributed by atoms with Crippen LogP contribution in [0.5, 0.6) is 5.75 Å². The second kappa shape index (κ2) is 7.28. The lowest BCUT2D eigenvalue weighted by molar-refractivity contribution is 0.190. The fourth-order valence-electron chi connectivity index (χ4n) is 3.89. The predicted octanol–water partition coefficient (Wildman–Crippen LogP) is 2.70. The minimum absolute atomic E-state index is 0.705. The van der Waals surface area contributed by atoms with Gasteiger partial charge in [-0.3, -0.25) is 4.90 Å². The Bertz CT molecular complexity index is 443. The van der Waals surface area contributed by atoms with Gasteiger partial charge in [0, 0.05) is 12.6 Å². The highest BCUT2D eigenvalue weighted by Gasteiger charge is 2.28. The molecule has 1 aromatic carbocycles. The molecule has 0 saturated carbocycles. The minimum Gasteiger partial charge on any atom is -0.496 e. The monoisotopic (exact) mass is 288 g/mol. The first-order valence-corrected chi connectivity index (χ1v) is 8.43. The van der Waals surface area contributed by atoms with Crippen LogP contribution in [0.4, 0.5) is 0 Å². The number of hydrogen-bond acceptors (Lipinski definition) is 3. The van der Waals surface area contributed by atoms with Gasteiger partial charge in [0.05, 0.1) is 7.11 Å². The summed E-state index contributed by atoms with van der Waals surface area (Å²) in [7, 11) is 1.78. The molecular formula is C18H28N2O.